The summed E-state index contributed by atoms with van der Waals surface area (Å²) in [7, 11) is 1.43. The fourth-order valence-corrected chi connectivity index (χ4v) is 5.70. The van der Waals surface area contributed by atoms with E-state index in [4.69, 9.17) is 4.74 Å². The highest BCUT2D eigenvalue weighted by molar-refractivity contribution is 6.00. The number of allylic oxidation sites excluding steroid dienone is 1. The number of alkyl halides is 1. The van der Waals surface area contributed by atoms with E-state index in [2.05, 4.69) is 65.6 Å². The van der Waals surface area contributed by atoms with Crippen molar-refractivity contribution in [2.24, 2.45) is 5.92 Å². The number of nitrogens with zero attached hydrogens (tertiary/aromatic N) is 1. The van der Waals surface area contributed by atoms with Gasteiger partial charge in [-0.05, 0) is 89.1 Å². The van der Waals surface area contributed by atoms with E-state index >= 15 is 0 Å². The smallest absolute Gasteiger partial charge is 0.337 e. The Morgan fingerprint density at radius 1 is 0.972 bits per heavy atom. The van der Waals surface area contributed by atoms with Gasteiger partial charge in [0.15, 0.2) is 0 Å². The molecule has 0 radical (unpaired) electrons. The number of likely N-dealkylation sites (tertiary alicyclic amines) is 1. The summed E-state index contributed by atoms with van der Waals surface area (Å²) in [5, 5.41) is 0. The van der Waals surface area contributed by atoms with E-state index in [-0.39, 0.29) is 12.6 Å². The minimum atomic E-state index is -0.292. The van der Waals surface area contributed by atoms with Gasteiger partial charge in [-0.1, -0.05) is 60.7 Å². The maximum atomic E-state index is 12.4. The van der Waals surface area contributed by atoms with Gasteiger partial charge in [-0.3, -0.25) is 4.39 Å². The van der Waals surface area contributed by atoms with E-state index in [0.29, 0.717) is 17.9 Å². The molecule has 0 aromatic heterocycles. The topological polar surface area (TPSA) is 29.5 Å². The maximum absolute atomic E-state index is 12.4. The van der Waals surface area contributed by atoms with Crippen molar-refractivity contribution in [1.29, 1.82) is 0 Å². The molecule has 5 rings (SSSR count). The van der Waals surface area contributed by atoms with Crippen LogP contribution in [0.2, 0.25) is 0 Å². The highest BCUT2D eigenvalue weighted by Gasteiger charge is 2.26. The number of hydrogen-bond acceptors (Lipinski definition) is 3. The summed E-state index contributed by atoms with van der Waals surface area (Å²) in [4.78, 5) is 14.5. The second kappa shape index (κ2) is 11.2. The van der Waals surface area contributed by atoms with Gasteiger partial charge in [0.1, 0.15) is 0 Å². The molecule has 1 aliphatic heterocycles. The molecule has 1 fully saturated rings. The lowest BCUT2D eigenvalue weighted by Crippen LogP contribution is -2.47. The monoisotopic (exact) mass is 483 g/mol. The molecule has 1 saturated heterocycles. The Balaban J connectivity index is 1.47. The largest absolute Gasteiger partial charge is 0.465 e. The zero-order valence-electron chi connectivity index (χ0n) is 21.0. The average Bonchev–Trinajstić information content (AvgIpc) is 3.09. The van der Waals surface area contributed by atoms with Crippen molar-refractivity contribution in [2.45, 2.75) is 32.1 Å². The molecule has 0 bridgehead atoms. The van der Waals surface area contributed by atoms with Gasteiger partial charge < -0.3 is 9.64 Å². The third-order valence-corrected chi connectivity index (χ3v) is 7.50. The second-order valence-electron chi connectivity index (χ2n) is 10.0. The predicted molar refractivity (Wildman–Crippen MR) is 144 cm³/mol. The number of esters is 1. The summed E-state index contributed by atoms with van der Waals surface area (Å²) in [5.74, 6) is 0.365. The summed E-state index contributed by atoms with van der Waals surface area (Å²) < 4.78 is 17.4. The molecule has 1 aliphatic carbocycles. The number of rotatable bonds is 8. The van der Waals surface area contributed by atoms with E-state index in [1.54, 1.807) is 0 Å². The normalized spacial score (nSPS) is 16.3. The van der Waals surface area contributed by atoms with Crippen LogP contribution >= 0.6 is 0 Å². The first-order valence-corrected chi connectivity index (χ1v) is 13.0. The number of hydrogen-bond donors (Lipinski definition) is 0. The van der Waals surface area contributed by atoms with E-state index in [1.165, 1.54) is 46.1 Å². The standard InChI is InChI=1S/C32H34FNO2/c1-36-32(35)28-15-16-30-27(20-28)9-5-10-29(25-7-3-2-4-8-25)31(30)26-13-11-23(12-14-26)19-24-21-34(22-24)18-6-17-33/h2-4,7-8,11-16,20,24H,5-6,9-10,17-19,21-22H2,1H3. The van der Waals surface area contributed by atoms with Crippen LogP contribution in [0.5, 0.6) is 0 Å². The zero-order chi connectivity index (χ0) is 24.9. The lowest BCUT2D eigenvalue weighted by Gasteiger charge is -2.39. The van der Waals surface area contributed by atoms with Gasteiger partial charge in [0.2, 0.25) is 0 Å². The van der Waals surface area contributed by atoms with Crippen LogP contribution in [0.25, 0.3) is 11.1 Å². The number of carbonyl (C=O) groups is 1. The minimum Gasteiger partial charge on any atom is -0.465 e. The molecule has 0 spiro atoms. The number of aryl methyl sites for hydroxylation is 1. The van der Waals surface area contributed by atoms with Crippen LogP contribution in [0.15, 0.2) is 72.8 Å². The summed E-state index contributed by atoms with van der Waals surface area (Å²) in [6.45, 7) is 2.79. The molecule has 3 aromatic carbocycles. The lowest BCUT2D eigenvalue weighted by molar-refractivity contribution is 0.0600. The van der Waals surface area contributed by atoms with Crippen molar-refractivity contribution < 1.29 is 13.9 Å². The molecule has 0 saturated carbocycles. The first kappa shape index (κ1) is 24.5. The molecule has 0 unspecified atom stereocenters. The van der Waals surface area contributed by atoms with Gasteiger partial charge in [0, 0.05) is 19.6 Å². The van der Waals surface area contributed by atoms with Crippen LogP contribution in [0.4, 0.5) is 4.39 Å². The fraction of sp³-hybridized carbons (Fsp3) is 0.344. The van der Waals surface area contributed by atoms with E-state index in [9.17, 15) is 9.18 Å². The third kappa shape index (κ3) is 5.29. The summed E-state index contributed by atoms with van der Waals surface area (Å²) in [6.07, 6.45) is 4.65. The molecule has 0 atom stereocenters. The van der Waals surface area contributed by atoms with Crippen LogP contribution in [0, 0.1) is 5.92 Å². The van der Waals surface area contributed by atoms with Crippen LogP contribution in [-0.2, 0) is 17.6 Å². The Labute approximate surface area is 213 Å². The van der Waals surface area contributed by atoms with Crippen LogP contribution in [0.1, 0.15) is 57.4 Å². The quantitative estimate of drug-likeness (QED) is 0.338. The molecule has 1 heterocycles. The molecule has 36 heavy (non-hydrogen) atoms. The SMILES string of the molecule is COC(=O)c1ccc2c(c1)CCCC(c1ccccc1)=C2c1ccc(CC2CN(CCCF)C2)cc1. The summed E-state index contributed by atoms with van der Waals surface area (Å²) >= 11 is 0. The third-order valence-electron chi connectivity index (χ3n) is 7.50. The maximum Gasteiger partial charge on any atom is 0.337 e. The molecule has 3 nitrogen and oxygen atoms in total. The summed E-state index contributed by atoms with van der Waals surface area (Å²) in [6, 6.07) is 25.7. The first-order valence-electron chi connectivity index (χ1n) is 13.0. The second-order valence-corrected chi connectivity index (χ2v) is 10.0. The van der Waals surface area contributed by atoms with E-state index in [1.807, 2.05) is 12.1 Å². The Hall–Kier alpha value is -3.24. The van der Waals surface area contributed by atoms with Crippen LogP contribution in [0.3, 0.4) is 0 Å². The Morgan fingerprint density at radius 2 is 1.75 bits per heavy atom. The molecule has 4 heteroatoms. The molecule has 0 N–H and O–H groups in total. The van der Waals surface area contributed by atoms with Gasteiger partial charge in [0.25, 0.3) is 0 Å². The Morgan fingerprint density at radius 3 is 2.47 bits per heavy atom. The van der Waals surface area contributed by atoms with Gasteiger partial charge in [-0.15, -0.1) is 0 Å². The Bertz CT molecular complexity index is 1230. The molecule has 0 amide bonds. The van der Waals surface area contributed by atoms with Crippen molar-refractivity contribution in [3.8, 4) is 0 Å². The first-order chi connectivity index (χ1) is 17.7. The van der Waals surface area contributed by atoms with Crippen molar-refractivity contribution >= 4 is 17.1 Å². The highest BCUT2D eigenvalue weighted by Crippen LogP contribution is 2.40. The zero-order valence-corrected chi connectivity index (χ0v) is 21.0. The molecular weight excluding hydrogens is 449 g/mol. The van der Waals surface area contributed by atoms with Gasteiger partial charge >= 0.3 is 5.97 Å². The van der Waals surface area contributed by atoms with Crippen LogP contribution in [-0.4, -0.2) is 44.3 Å². The number of fused-ring (bicyclic) bond motifs is 1. The van der Waals surface area contributed by atoms with Crippen molar-refractivity contribution in [3.05, 3.63) is 106 Å². The molecular formula is C32H34FNO2. The van der Waals surface area contributed by atoms with E-state index < -0.39 is 0 Å². The highest BCUT2D eigenvalue weighted by atomic mass is 19.1. The number of ether oxygens (including phenoxy) is 1. The molecule has 2 aliphatic rings. The Kier molecular flexibility index (Phi) is 7.62. The lowest BCUT2D eigenvalue weighted by atomic mass is 9.86. The predicted octanol–water partition coefficient (Wildman–Crippen LogP) is 6.60. The average molecular weight is 484 g/mol. The van der Waals surface area contributed by atoms with Gasteiger partial charge in [-0.2, -0.15) is 0 Å². The number of carbonyl (C=O) groups excluding carboxylic acids is 1. The minimum absolute atomic E-state index is 0.226. The van der Waals surface area contributed by atoms with Crippen molar-refractivity contribution in [3.63, 3.8) is 0 Å². The van der Waals surface area contributed by atoms with E-state index in [0.717, 1.165) is 45.3 Å². The summed E-state index contributed by atoms with van der Waals surface area (Å²) in [5.41, 5.74) is 9.45. The van der Waals surface area contributed by atoms with Crippen molar-refractivity contribution in [2.75, 3.05) is 33.4 Å². The number of methoxy groups -OCH3 is 1. The van der Waals surface area contributed by atoms with Gasteiger partial charge in [0.05, 0.1) is 19.3 Å². The molecule has 3 aromatic rings. The fourth-order valence-electron chi connectivity index (χ4n) is 5.70. The van der Waals surface area contributed by atoms with Crippen LogP contribution < -0.4 is 0 Å². The number of halogens is 1. The van der Waals surface area contributed by atoms with Crippen molar-refractivity contribution in [1.82, 2.24) is 4.90 Å². The molecule has 186 valence electrons. The number of benzene rings is 3. The van der Waals surface area contributed by atoms with Gasteiger partial charge in [-0.25, -0.2) is 4.79 Å².